The van der Waals surface area contributed by atoms with E-state index in [0.717, 1.165) is 18.3 Å². The fourth-order valence-electron chi connectivity index (χ4n) is 1.37. The average molecular weight is 298 g/mol. The van der Waals surface area contributed by atoms with Gasteiger partial charge in [0.2, 0.25) is 0 Å². The lowest BCUT2D eigenvalue weighted by Gasteiger charge is -2.07. The molecular weight excluding hydrogens is 282 g/mol. The van der Waals surface area contributed by atoms with Crippen molar-refractivity contribution in [1.82, 2.24) is 5.32 Å². The summed E-state index contributed by atoms with van der Waals surface area (Å²) in [6.45, 7) is 5.06. The number of nitrogens with one attached hydrogen (secondary N) is 1. The molecule has 0 spiro atoms. The maximum atomic E-state index is 4.10. The van der Waals surface area contributed by atoms with E-state index in [4.69, 9.17) is 0 Å². The van der Waals surface area contributed by atoms with Gasteiger partial charge in [0, 0.05) is 27.7 Å². The average Bonchev–Trinajstić information content (AvgIpc) is 3.09. The van der Waals surface area contributed by atoms with Gasteiger partial charge in [0.25, 0.3) is 0 Å². The van der Waals surface area contributed by atoms with Gasteiger partial charge in [0.15, 0.2) is 0 Å². The van der Waals surface area contributed by atoms with Crippen molar-refractivity contribution in [3.05, 3.63) is 40.9 Å². The van der Waals surface area contributed by atoms with Gasteiger partial charge in [-0.2, -0.15) is 0 Å². The highest BCUT2D eigenvalue weighted by Crippen LogP contribution is 2.28. The van der Waals surface area contributed by atoms with Gasteiger partial charge in [-0.05, 0) is 40.9 Å². The van der Waals surface area contributed by atoms with Crippen LogP contribution in [0.25, 0.3) is 0 Å². The van der Waals surface area contributed by atoms with E-state index in [0.29, 0.717) is 0 Å². The van der Waals surface area contributed by atoms with Crippen molar-refractivity contribution in [2.45, 2.75) is 23.8 Å². The van der Waals surface area contributed by atoms with E-state index in [1.807, 2.05) is 17.8 Å². The molecule has 1 N–H and O–H groups in total. The topological polar surface area (TPSA) is 12.0 Å². The highest BCUT2D eigenvalue weighted by Gasteiger charge is 2.19. The summed E-state index contributed by atoms with van der Waals surface area (Å²) in [7, 11) is 0. The molecule has 2 rings (SSSR count). The van der Waals surface area contributed by atoms with Gasteiger partial charge in [-0.1, -0.05) is 24.3 Å². The lowest BCUT2D eigenvalue weighted by Crippen LogP contribution is -2.19. The molecule has 0 amide bonds. The second-order valence-electron chi connectivity index (χ2n) is 4.12. The van der Waals surface area contributed by atoms with Crippen LogP contribution in [-0.4, -0.2) is 18.3 Å². The van der Waals surface area contributed by atoms with E-state index >= 15 is 0 Å². The van der Waals surface area contributed by atoms with Crippen LogP contribution in [0.15, 0.2) is 45.8 Å². The Morgan fingerprint density at radius 3 is 2.88 bits per heavy atom. The molecule has 0 aliphatic heterocycles. The van der Waals surface area contributed by atoms with Crippen LogP contribution in [0.1, 0.15) is 12.8 Å². The fourth-order valence-corrected chi connectivity index (χ4v) is 2.84. The van der Waals surface area contributed by atoms with Crippen LogP contribution in [0, 0.1) is 0 Å². The number of hydrogen-bond acceptors (Lipinski definition) is 2. The molecule has 0 saturated heterocycles. The molecule has 1 aromatic rings. The molecule has 0 unspecified atom stereocenters. The molecule has 1 nitrogen and oxygen atoms in total. The Labute approximate surface area is 110 Å². The van der Waals surface area contributed by atoms with Gasteiger partial charge in [0.1, 0.15) is 0 Å². The number of thioether (sulfide) groups is 1. The van der Waals surface area contributed by atoms with Crippen molar-refractivity contribution in [1.29, 1.82) is 0 Å². The first-order chi connectivity index (χ1) is 7.75. The molecule has 1 fully saturated rings. The van der Waals surface area contributed by atoms with Crippen molar-refractivity contribution in [3.63, 3.8) is 0 Å². The fraction of sp³-hybridized carbons (Fsp3) is 0.385. The summed E-state index contributed by atoms with van der Waals surface area (Å²) in [6.07, 6.45) is 2.68. The Morgan fingerprint density at radius 1 is 1.44 bits per heavy atom. The lowest BCUT2D eigenvalue weighted by molar-refractivity contribution is 0.736. The van der Waals surface area contributed by atoms with Crippen LogP contribution in [0.3, 0.4) is 0 Å². The maximum absolute atomic E-state index is 4.10. The highest BCUT2D eigenvalue weighted by atomic mass is 79.9. The standard InChI is InChI=1S/C13H16BrNS/c1-10(8-15-11-6-7-11)9-16-13-5-3-2-4-12(13)14/h2-5,11,15H,1,6-9H2. The van der Waals surface area contributed by atoms with E-state index in [-0.39, 0.29) is 0 Å². The van der Waals surface area contributed by atoms with Crippen molar-refractivity contribution in [2.24, 2.45) is 0 Å². The van der Waals surface area contributed by atoms with Crippen LogP contribution in [0.5, 0.6) is 0 Å². The summed E-state index contributed by atoms with van der Waals surface area (Å²) < 4.78 is 1.17. The Bertz CT molecular complexity index is 374. The Kier molecular flexibility index (Phi) is 4.50. The predicted molar refractivity (Wildman–Crippen MR) is 75.0 cm³/mol. The molecule has 0 atom stereocenters. The predicted octanol–water partition coefficient (Wildman–Crippen LogP) is 3.85. The minimum absolute atomic E-state index is 0.769. The van der Waals surface area contributed by atoms with E-state index in [9.17, 15) is 0 Å². The SMILES string of the molecule is C=C(CNC1CC1)CSc1ccccc1Br. The van der Waals surface area contributed by atoms with Crippen LogP contribution in [0.4, 0.5) is 0 Å². The second-order valence-corrected chi connectivity index (χ2v) is 6.00. The van der Waals surface area contributed by atoms with Crippen LogP contribution in [-0.2, 0) is 0 Å². The number of rotatable bonds is 6. The molecule has 0 bridgehead atoms. The summed E-state index contributed by atoms with van der Waals surface area (Å²) >= 11 is 5.39. The summed E-state index contributed by atoms with van der Waals surface area (Å²) in [6, 6.07) is 9.09. The molecule has 16 heavy (non-hydrogen) atoms. The van der Waals surface area contributed by atoms with Gasteiger partial charge < -0.3 is 5.32 Å². The van der Waals surface area contributed by atoms with Gasteiger partial charge >= 0.3 is 0 Å². The number of hydrogen-bond donors (Lipinski definition) is 1. The molecule has 0 radical (unpaired) electrons. The minimum Gasteiger partial charge on any atom is -0.310 e. The van der Waals surface area contributed by atoms with E-state index in [2.05, 4.69) is 46.0 Å². The van der Waals surface area contributed by atoms with Crippen molar-refractivity contribution in [3.8, 4) is 0 Å². The number of halogens is 1. The molecule has 86 valence electrons. The summed E-state index contributed by atoms with van der Waals surface area (Å²) in [4.78, 5) is 1.29. The van der Waals surface area contributed by atoms with E-state index in [1.54, 1.807) is 0 Å². The number of benzene rings is 1. The largest absolute Gasteiger partial charge is 0.310 e. The third-order valence-electron chi connectivity index (χ3n) is 2.49. The summed E-state index contributed by atoms with van der Waals surface area (Å²) in [5.41, 5.74) is 1.27. The first kappa shape index (κ1) is 12.2. The molecular formula is C13H16BrNS. The third kappa shape index (κ3) is 3.96. The zero-order chi connectivity index (χ0) is 11.4. The Balaban J connectivity index is 1.73. The first-order valence-electron chi connectivity index (χ1n) is 5.53. The van der Waals surface area contributed by atoms with Crippen molar-refractivity contribution in [2.75, 3.05) is 12.3 Å². The molecule has 0 aromatic heterocycles. The summed E-state index contributed by atoms with van der Waals surface area (Å²) in [5.74, 6) is 0.988. The second kappa shape index (κ2) is 5.89. The lowest BCUT2D eigenvalue weighted by atomic mass is 10.3. The third-order valence-corrected chi connectivity index (χ3v) is 4.66. The van der Waals surface area contributed by atoms with Gasteiger partial charge in [-0.3, -0.25) is 0 Å². The smallest absolute Gasteiger partial charge is 0.0311 e. The first-order valence-corrected chi connectivity index (χ1v) is 7.31. The minimum atomic E-state index is 0.769. The van der Waals surface area contributed by atoms with Crippen molar-refractivity contribution < 1.29 is 0 Å². The molecule has 1 aromatic carbocycles. The highest BCUT2D eigenvalue weighted by molar-refractivity contribution is 9.10. The molecule has 0 heterocycles. The van der Waals surface area contributed by atoms with E-state index < -0.39 is 0 Å². The van der Waals surface area contributed by atoms with Gasteiger partial charge in [-0.15, -0.1) is 11.8 Å². The quantitative estimate of drug-likeness (QED) is 0.632. The normalized spacial score (nSPS) is 15.1. The zero-order valence-electron chi connectivity index (χ0n) is 9.21. The van der Waals surface area contributed by atoms with Crippen molar-refractivity contribution >= 4 is 27.7 Å². The molecule has 1 aliphatic rings. The Morgan fingerprint density at radius 2 is 2.19 bits per heavy atom. The van der Waals surface area contributed by atoms with Gasteiger partial charge in [0.05, 0.1) is 0 Å². The molecule has 1 saturated carbocycles. The van der Waals surface area contributed by atoms with E-state index in [1.165, 1.54) is 27.8 Å². The van der Waals surface area contributed by atoms with Crippen LogP contribution < -0.4 is 5.32 Å². The zero-order valence-corrected chi connectivity index (χ0v) is 11.6. The Hall–Kier alpha value is -0.250. The maximum Gasteiger partial charge on any atom is 0.0311 e. The van der Waals surface area contributed by atoms with Crippen LogP contribution in [0.2, 0.25) is 0 Å². The van der Waals surface area contributed by atoms with Gasteiger partial charge in [-0.25, -0.2) is 0 Å². The van der Waals surface area contributed by atoms with Crippen LogP contribution >= 0.6 is 27.7 Å². The summed E-state index contributed by atoms with van der Waals surface area (Å²) in [5, 5.41) is 3.48. The molecule has 3 heteroatoms. The monoisotopic (exact) mass is 297 g/mol. The molecule has 1 aliphatic carbocycles.